The minimum Gasteiger partial charge on any atom is -0.490 e. The monoisotopic (exact) mass is 206 g/mol. The van der Waals surface area contributed by atoms with Gasteiger partial charge in [-0.25, -0.2) is 0 Å². The van der Waals surface area contributed by atoms with Gasteiger partial charge in [0, 0.05) is 24.0 Å². The van der Waals surface area contributed by atoms with Crippen LogP contribution in [0.1, 0.15) is 38.3 Å². The maximum atomic E-state index is 5.79. The third-order valence-electron chi connectivity index (χ3n) is 2.78. The molecule has 0 spiro atoms. The van der Waals surface area contributed by atoms with E-state index in [9.17, 15) is 0 Å². The van der Waals surface area contributed by atoms with Crippen molar-refractivity contribution in [2.24, 2.45) is 5.73 Å². The number of hydrogen-bond acceptors (Lipinski definition) is 3. The third-order valence-corrected chi connectivity index (χ3v) is 2.78. The van der Waals surface area contributed by atoms with Crippen LogP contribution >= 0.6 is 0 Å². The molecule has 0 saturated heterocycles. The maximum absolute atomic E-state index is 5.79. The predicted molar refractivity (Wildman–Crippen MR) is 60.0 cm³/mol. The van der Waals surface area contributed by atoms with Gasteiger partial charge >= 0.3 is 0 Å². The van der Waals surface area contributed by atoms with E-state index < -0.39 is 0 Å². The van der Waals surface area contributed by atoms with Crippen molar-refractivity contribution in [1.82, 2.24) is 4.98 Å². The Kier molecular flexibility index (Phi) is 2.91. The predicted octanol–water partition coefficient (Wildman–Crippen LogP) is 2.07. The zero-order valence-corrected chi connectivity index (χ0v) is 9.31. The number of nitrogens with two attached hydrogens (primary N) is 1. The number of nitrogens with zero attached hydrogens (tertiary/aromatic N) is 1. The second-order valence-corrected chi connectivity index (χ2v) is 4.54. The Balaban J connectivity index is 1.99. The van der Waals surface area contributed by atoms with Crippen LogP contribution in [0.4, 0.5) is 0 Å². The summed E-state index contributed by atoms with van der Waals surface area (Å²) in [6.07, 6.45) is 4.06. The largest absolute Gasteiger partial charge is 0.490 e. The van der Waals surface area contributed by atoms with Gasteiger partial charge in [-0.2, -0.15) is 0 Å². The minimum absolute atomic E-state index is 0.308. The van der Waals surface area contributed by atoms with E-state index in [0.29, 0.717) is 18.1 Å². The van der Waals surface area contributed by atoms with Crippen molar-refractivity contribution in [3.63, 3.8) is 0 Å². The lowest BCUT2D eigenvalue weighted by atomic mass is 9.90. The molecule has 0 amide bonds. The van der Waals surface area contributed by atoms with Gasteiger partial charge in [0.15, 0.2) is 0 Å². The molecule has 0 bridgehead atoms. The Morgan fingerprint density at radius 1 is 1.47 bits per heavy atom. The Morgan fingerprint density at radius 3 is 2.80 bits per heavy atom. The van der Waals surface area contributed by atoms with E-state index in [1.807, 2.05) is 18.3 Å². The molecule has 1 aromatic rings. The quantitative estimate of drug-likeness (QED) is 0.823. The summed E-state index contributed by atoms with van der Waals surface area (Å²) >= 11 is 0. The van der Waals surface area contributed by atoms with Crippen LogP contribution in [0.2, 0.25) is 0 Å². The van der Waals surface area contributed by atoms with E-state index in [2.05, 4.69) is 18.8 Å². The first-order chi connectivity index (χ1) is 7.15. The van der Waals surface area contributed by atoms with Crippen molar-refractivity contribution in [2.45, 2.75) is 44.8 Å². The molecule has 1 saturated carbocycles. The van der Waals surface area contributed by atoms with E-state index in [0.717, 1.165) is 24.3 Å². The van der Waals surface area contributed by atoms with Crippen LogP contribution in [-0.2, 0) is 0 Å². The van der Waals surface area contributed by atoms with Crippen molar-refractivity contribution in [3.8, 4) is 5.75 Å². The van der Waals surface area contributed by atoms with Crippen molar-refractivity contribution in [3.05, 3.63) is 24.0 Å². The molecular formula is C12H18N2O. The molecule has 3 heteroatoms. The second kappa shape index (κ2) is 4.19. The molecular weight excluding hydrogens is 188 g/mol. The fourth-order valence-electron chi connectivity index (χ4n) is 1.71. The molecule has 0 unspecified atom stereocenters. The van der Waals surface area contributed by atoms with E-state index in [1.54, 1.807) is 0 Å². The summed E-state index contributed by atoms with van der Waals surface area (Å²) < 4.78 is 5.79. The molecule has 0 atom stereocenters. The summed E-state index contributed by atoms with van der Waals surface area (Å²) in [4.78, 5) is 4.30. The summed E-state index contributed by atoms with van der Waals surface area (Å²) in [5.74, 6) is 1.36. The lowest BCUT2D eigenvalue weighted by Crippen LogP contribution is -2.43. The molecule has 0 aliphatic heterocycles. The number of rotatable bonds is 3. The van der Waals surface area contributed by atoms with Crippen LogP contribution in [0.3, 0.4) is 0 Å². The zero-order valence-electron chi connectivity index (χ0n) is 9.31. The highest BCUT2D eigenvalue weighted by molar-refractivity contribution is 5.24. The molecule has 1 aliphatic rings. The van der Waals surface area contributed by atoms with Crippen molar-refractivity contribution in [1.29, 1.82) is 0 Å². The summed E-state index contributed by atoms with van der Waals surface area (Å²) in [5, 5.41) is 0. The molecule has 2 rings (SSSR count). The average molecular weight is 206 g/mol. The molecule has 0 radical (unpaired) electrons. The van der Waals surface area contributed by atoms with E-state index in [1.165, 1.54) is 0 Å². The van der Waals surface area contributed by atoms with Crippen molar-refractivity contribution in [2.75, 3.05) is 0 Å². The topological polar surface area (TPSA) is 48.1 Å². The van der Waals surface area contributed by atoms with Gasteiger partial charge in [0.25, 0.3) is 0 Å². The van der Waals surface area contributed by atoms with Crippen LogP contribution < -0.4 is 10.5 Å². The molecule has 3 nitrogen and oxygen atoms in total. The number of pyridine rings is 1. The molecule has 1 aliphatic carbocycles. The standard InChI is InChI=1S/C12H18N2O/c1-8(2)12-7-10(3-4-14-12)15-11-5-9(13)6-11/h3-4,7-9,11H,5-6,13H2,1-2H3/t9-,11+. The number of aromatic nitrogens is 1. The Hall–Kier alpha value is -1.09. The number of ether oxygens (including phenoxy) is 1. The fourth-order valence-corrected chi connectivity index (χ4v) is 1.71. The molecule has 0 aromatic carbocycles. The Bertz CT molecular complexity index is 332. The van der Waals surface area contributed by atoms with Gasteiger partial charge in [-0.05, 0) is 24.8 Å². The Labute approximate surface area is 90.7 Å². The SMILES string of the molecule is CC(C)c1cc(O[C@H]2C[C@@H](N)C2)ccn1. The summed E-state index contributed by atoms with van der Waals surface area (Å²) in [6, 6.07) is 4.27. The van der Waals surface area contributed by atoms with Gasteiger partial charge in [-0.3, -0.25) is 4.98 Å². The van der Waals surface area contributed by atoms with Gasteiger partial charge in [0.1, 0.15) is 11.9 Å². The lowest BCUT2D eigenvalue weighted by Gasteiger charge is -2.32. The third kappa shape index (κ3) is 2.48. The fraction of sp³-hybridized carbons (Fsp3) is 0.583. The van der Waals surface area contributed by atoms with Crippen molar-refractivity contribution < 1.29 is 4.74 Å². The Morgan fingerprint density at radius 2 is 2.20 bits per heavy atom. The van der Waals surface area contributed by atoms with E-state index >= 15 is 0 Å². The highest BCUT2D eigenvalue weighted by Crippen LogP contribution is 2.25. The highest BCUT2D eigenvalue weighted by Gasteiger charge is 2.27. The van der Waals surface area contributed by atoms with Crippen LogP contribution in [0, 0.1) is 0 Å². The molecule has 1 fully saturated rings. The zero-order chi connectivity index (χ0) is 10.8. The minimum atomic E-state index is 0.308. The molecule has 15 heavy (non-hydrogen) atoms. The molecule has 1 aromatic heterocycles. The highest BCUT2D eigenvalue weighted by atomic mass is 16.5. The smallest absolute Gasteiger partial charge is 0.123 e. The van der Waals surface area contributed by atoms with Crippen LogP contribution in [0.15, 0.2) is 18.3 Å². The van der Waals surface area contributed by atoms with Gasteiger partial charge in [-0.15, -0.1) is 0 Å². The van der Waals surface area contributed by atoms with Gasteiger partial charge in [-0.1, -0.05) is 13.8 Å². The lowest BCUT2D eigenvalue weighted by molar-refractivity contribution is 0.101. The van der Waals surface area contributed by atoms with Crippen LogP contribution in [0.25, 0.3) is 0 Å². The van der Waals surface area contributed by atoms with Gasteiger partial charge in [0.05, 0.1) is 0 Å². The van der Waals surface area contributed by atoms with Crippen LogP contribution in [0.5, 0.6) is 5.75 Å². The first-order valence-corrected chi connectivity index (χ1v) is 5.53. The molecule has 1 heterocycles. The number of hydrogen-bond donors (Lipinski definition) is 1. The summed E-state index contributed by atoms with van der Waals surface area (Å²) in [6.45, 7) is 4.26. The normalized spacial score (nSPS) is 25.1. The second-order valence-electron chi connectivity index (χ2n) is 4.54. The van der Waals surface area contributed by atoms with Crippen LogP contribution in [-0.4, -0.2) is 17.1 Å². The summed E-state index contributed by atoms with van der Waals surface area (Å²) in [7, 11) is 0. The first-order valence-electron chi connectivity index (χ1n) is 5.53. The maximum Gasteiger partial charge on any atom is 0.123 e. The van der Waals surface area contributed by atoms with E-state index in [-0.39, 0.29) is 0 Å². The first kappa shape index (κ1) is 10.4. The molecule has 2 N–H and O–H groups in total. The summed E-state index contributed by atoms with van der Waals surface area (Å²) in [5.41, 5.74) is 6.79. The molecule has 82 valence electrons. The van der Waals surface area contributed by atoms with Gasteiger partial charge < -0.3 is 10.5 Å². The van der Waals surface area contributed by atoms with Gasteiger partial charge in [0.2, 0.25) is 0 Å². The van der Waals surface area contributed by atoms with E-state index in [4.69, 9.17) is 10.5 Å². The average Bonchev–Trinajstić information content (AvgIpc) is 2.16. The van der Waals surface area contributed by atoms with Crippen molar-refractivity contribution >= 4 is 0 Å².